The first-order valence-electron chi connectivity index (χ1n) is 4.58. The average Bonchev–Trinajstić information content (AvgIpc) is 2.03. The Morgan fingerprint density at radius 3 is 2.92 bits per heavy atom. The van der Waals surface area contributed by atoms with Crippen molar-refractivity contribution in [1.82, 2.24) is 4.90 Å². The van der Waals surface area contributed by atoms with E-state index in [4.69, 9.17) is 12.2 Å². The molecule has 74 valence electrons. The standard InChI is InChI=1S/C9H15NOS2/c1-7(2)6-8(11)10-4-3-5-13-9(10)12/h7H,3-6H2,1-2H3. The SMILES string of the molecule is CC(C)CC(=O)N1CCCSC1=S. The lowest BCUT2D eigenvalue weighted by Crippen LogP contribution is -2.38. The van der Waals surface area contributed by atoms with Crippen LogP contribution in [0.15, 0.2) is 0 Å². The molecule has 1 aliphatic rings. The van der Waals surface area contributed by atoms with E-state index in [1.54, 1.807) is 16.7 Å². The van der Waals surface area contributed by atoms with E-state index in [1.165, 1.54) is 0 Å². The van der Waals surface area contributed by atoms with Gasteiger partial charge in [-0.2, -0.15) is 0 Å². The van der Waals surface area contributed by atoms with Gasteiger partial charge in [-0.25, -0.2) is 0 Å². The summed E-state index contributed by atoms with van der Waals surface area (Å²) in [6, 6.07) is 0. The number of carbonyl (C=O) groups is 1. The lowest BCUT2D eigenvalue weighted by atomic mass is 10.1. The number of thiocarbonyl (C=S) groups is 1. The Hall–Kier alpha value is -0.0900. The van der Waals surface area contributed by atoms with Crippen molar-refractivity contribution in [3.05, 3.63) is 0 Å². The molecule has 0 N–H and O–H groups in total. The molecule has 1 rings (SSSR count). The van der Waals surface area contributed by atoms with Crippen LogP contribution in [0.25, 0.3) is 0 Å². The first kappa shape index (κ1) is 11.0. The van der Waals surface area contributed by atoms with Crippen molar-refractivity contribution in [2.24, 2.45) is 5.92 Å². The Balaban J connectivity index is 2.49. The lowest BCUT2D eigenvalue weighted by Gasteiger charge is -2.27. The third-order valence-corrected chi connectivity index (χ3v) is 3.39. The summed E-state index contributed by atoms with van der Waals surface area (Å²) < 4.78 is 0.761. The zero-order chi connectivity index (χ0) is 9.84. The summed E-state index contributed by atoms with van der Waals surface area (Å²) in [5.74, 6) is 1.67. The molecule has 1 saturated heterocycles. The van der Waals surface area contributed by atoms with Gasteiger partial charge in [-0.1, -0.05) is 37.8 Å². The highest BCUT2D eigenvalue weighted by molar-refractivity contribution is 8.23. The van der Waals surface area contributed by atoms with Gasteiger partial charge in [0.2, 0.25) is 5.91 Å². The first-order chi connectivity index (χ1) is 6.11. The van der Waals surface area contributed by atoms with E-state index in [0.29, 0.717) is 12.3 Å². The highest BCUT2D eigenvalue weighted by atomic mass is 32.2. The molecular formula is C9H15NOS2. The quantitative estimate of drug-likeness (QED) is 0.662. The van der Waals surface area contributed by atoms with Gasteiger partial charge < -0.3 is 0 Å². The molecule has 13 heavy (non-hydrogen) atoms. The summed E-state index contributed by atoms with van der Waals surface area (Å²) in [6.45, 7) is 4.92. The number of thioether (sulfide) groups is 1. The number of rotatable bonds is 2. The minimum Gasteiger partial charge on any atom is -0.298 e. The van der Waals surface area contributed by atoms with Gasteiger partial charge in [-0.15, -0.1) is 0 Å². The van der Waals surface area contributed by atoms with Crippen LogP contribution >= 0.6 is 24.0 Å². The molecule has 4 heteroatoms. The first-order valence-corrected chi connectivity index (χ1v) is 5.97. The van der Waals surface area contributed by atoms with Crippen LogP contribution in [0.1, 0.15) is 26.7 Å². The molecule has 0 aromatic carbocycles. The van der Waals surface area contributed by atoms with Gasteiger partial charge in [0.15, 0.2) is 0 Å². The van der Waals surface area contributed by atoms with Crippen LogP contribution in [0.4, 0.5) is 0 Å². The van der Waals surface area contributed by atoms with Gasteiger partial charge in [0, 0.05) is 18.7 Å². The summed E-state index contributed by atoms with van der Waals surface area (Å²) in [5.41, 5.74) is 0. The van der Waals surface area contributed by atoms with Gasteiger partial charge in [0.05, 0.1) is 0 Å². The van der Waals surface area contributed by atoms with Crippen LogP contribution in [0.5, 0.6) is 0 Å². The smallest absolute Gasteiger partial charge is 0.228 e. The van der Waals surface area contributed by atoms with Crippen LogP contribution in [-0.4, -0.2) is 27.4 Å². The van der Waals surface area contributed by atoms with Gasteiger partial charge in [-0.05, 0) is 12.3 Å². The predicted octanol–water partition coefficient (Wildman–Crippen LogP) is 2.28. The summed E-state index contributed by atoms with van der Waals surface area (Å²) in [4.78, 5) is 13.4. The molecule has 0 aromatic rings. The molecule has 0 saturated carbocycles. The Kier molecular flexibility index (Phi) is 4.19. The predicted molar refractivity (Wildman–Crippen MR) is 60.8 cm³/mol. The number of hydrogen-bond donors (Lipinski definition) is 0. The molecule has 1 aliphatic heterocycles. The zero-order valence-corrected chi connectivity index (χ0v) is 9.71. The molecular weight excluding hydrogens is 202 g/mol. The van der Waals surface area contributed by atoms with E-state index in [9.17, 15) is 4.79 Å². The van der Waals surface area contributed by atoms with E-state index in [2.05, 4.69) is 13.8 Å². The minimum atomic E-state index is 0.187. The van der Waals surface area contributed by atoms with Crippen molar-refractivity contribution in [3.8, 4) is 0 Å². The molecule has 0 spiro atoms. The number of amides is 1. The van der Waals surface area contributed by atoms with Crippen molar-refractivity contribution < 1.29 is 4.79 Å². The molecule has 1 heterocycles. The molecule has 0 aromatic heterocycles. The maximum absolute atomic E-state index is 11.6. The third kappa shape index (κ3) is 3.27. The van der Waals surface area contributed by atoms with Gasteiger partial charge in [0.25, 0.3) is 0 Å². The highest BCUT2D eigenvalue weighted by Crippen LogP contribution is 2.19. The third-order valence-electron chi connectivity index (χ3n) is 1.86. The van der Waals surface area contributed by atoms with Crippen molar-refractivity contribution >= 4 is 34.2 Å². The van der Waals surface area contributed by atoms with Crippen LogP contribution in [-0.2, 0) is 4.79 Å². The van der Waals surface area contributed by atoms with Gasteiger partial charge in [-0.3, -0.25) is 9.69 Å². The Morgan fingerprint density at radius 2 is 2.38 bits per heavy atom. The molecule has 2 nitrogen and oxygen atoms in total. The Labute approximate surface area is 89.1 Å². The highest BCUT2D eigenvalue weighted by Gasteiger charge is 2.22. The van der Waals surface area contributed by atoms with Crippen LogP contribution < -0.4 is 0 Å². The van der Waals surface area contributed by atoms with E-state index < -0.39 is 0 Å². The maximum atomic E-state index is 11.6. The normalized spacial score (nSPS) is 18.1. The molecule has 0 atom stereocenters. The summed E-state index contributed by atoms with van der Waals surface area (Å²) in [7, 11) is 0. The maximum Gasteiger partial charge on any atom is 0.228 e. The second-order valence-electron chi connectivity index (χ2n) is 3.61. The summed E-state index contributed by atoms with van der Waals surface area (Å²) in [6.07, 6.45) is 1.68. The fraction of sp³-hybridized carbons (Fsp3) is 0.778. The van der Waals surface area contributed by atoms with E-state index in [0.717, 1.165) is 23.0 Å². The van der Waals surface area contributed by atoms with Crippen LogP contribution in [0.2, 0.25) is 0 Å². The van der Waals surface area contributed by atoms with Crippen molar-refractivity contribution in [2.45, 2.75) is 26.7 Å². The largest absolute Gasteiger partial charge is 0.298 e. The van der Waals surface area contributed by atoms with Gasteiger partial charge >= 0.3 is 0 Å². The zero-order valence-electron chi connectivity index (χ0n) is 8.08. The summed E-state index contributed by atoms with van der Waals surface area (Å²) in [5, 5.41) is 0. The lowest BCUT2D eigenvalue weighted by molar-refractivity contribution is -0.127. The second-order valence-corrected chi connectivity index (χ2v) is 5.34. The Bertz CT molecular complexity index is 216. The number of hydrogen-bond acceptors (Lipinski definition) is 3. The molecule has 0 aliphatic carbocycles. The van der Waals surface area contributed by atoms with Crippen molar-refractivity contribution in [2.75, 3.05) is 12.3 Å². The molecule has 0 unspecified atom stereocenters. The topological polar surface area (TPSA) is 20.3 Å². The van der Waals surface area contributed by atoms with E-state index in [1.807, 2.05) is 0 Å². The number of carbonyl (C=O) groups excluding carboxylic acids is 1. The fourth-order valence-electron chi connectivity index (χ4n) is 1.24. The van der Waals surface area contributed by atoms with Gasteiger partial charge in [0.1, 0.15) is 4.32 Å². The minimum absolute atomic E-state index is 0.187. The average molecular weight is 217 g/mol. The molecule has 1 amide bonds. The van der Waals surface area contributed by atoms with Crippen LogP contribution in [0.3, 0.4) is 0 Å². The van der Waals surface area contributed by atoms with Crippen molar-refractivity contribution in [3.63, 3.8) is 0 Å². The molecule has 0 radical (unpaired) electrons. The summed E-state index contributed by atoms with van der Waals surface area (Å²) >= 11 is 6.74. The Morgan fingerprint density at radius 1 is 1.69 bits per heavy atom. The van der Waals surface area contributed by atoms with E-state index in [-0.39, 0.29) is 5.91 Å². The van der Waals surface area contributed by atoms with E-state index >= 15 is 0 Å². The van der Waals surface area contributed by atoms with Crippen molar-refractivity contribution in [1.29, 1.82) is 0 Å². The number of nitrogens with zero attached hydrogens (tertiary/aromatic N) is 1. The molecule has 1 fully saturated rings. The fourth-order valence-corrected chi connectivity index (χ4v) is 2.48. The van der Waals surface area contributed by atoms with Crippen LogP contribution in [0, 0.1) is 5.92 Å². The monoisotopic (exact) mass is 217 g/mol. The molecule has 0 bridgehead atoms. The second kappa shape index (κ2) is 4.96.